The summed E-state index contributed by atoms with van der Waals surface area (Å²) in [5.41, 5.74) is 2.85. The van der Waals surface area contributed by atoms with Crippen molar-refractivity contribution in [1.82, 2.24) is 9.78 Å². The van der Waals surface area contributed by atoms with Crippen LogP contribution in [0.4, 0.5) is 0 Å². The van der Waals surface area contributed by atoms with Gasteiger partial charge in [-0.2, -0.15) is 5.10 Å². The molecular weight excluding hydrogens is 311 g/mol. The van der Waals surface area contributed by atoms with Gasteiger partial charge in [0.2, 0.25) is 0 Å². The summed E-state index contributed by atoms with van der Waals surface area (Å²) in [6, 6.07) is 5.61. The van der Waals surface area contributed by atoms with Crippen LogP contribution in [0.3, 0.4) is 0 Å². The second-order valence-corrected chi connectivity index (χ2v) is 5.30. The number of benzene rings is 1. The van der Waals surface area contributed by atoms with Crippen LogP contribution in [-0.2, 0) is 19.0 Å². The van der Waals surface area contributed by atoms with E-state index in [-0.39, 0.29) is 0 Å². The maximum absolute atomic E-state index is 6.25. The van der Waals surface area contributed by atoms with Crippen LogP contribution in [0.2, 0.25) is 5.02 Å². The molecule has 1 heterocycles. The Bertz CT molecular complexity index is 626. The molecule has 2 aromatic rings. The van der Waals surface area contributed by atoms with Crippen molar-refractivity contribution in [3.05, 3.63) is 40.2 Å². The van der Waals surface area contributed by atoms with Gasteiger partial charge in [-0.05, 0) is 37.6 Å². The van der Waals surface area contributed by atoms with Crippen molar-refractivity contribution in [3.63, 3.8) is 0 Å². The molecule has 0 aliphatic carbocycles. The molecule has 1 aromatic carbocycles. The number of aryl methyl sites for hydroxylation is 2. The first-order valence-electron chi connectivity index (χ1n) is 6.67. The molecule has 2 rings (SSSR count). The summed E-state index contributed by atoms with van der Waals surface area (Å²) in [4.78, 5) is 0. The summed E-state index contributed by atoms with van der Waals surface area (Å²) < 4.78 is 13.1. The largest absolute Gasteiger partial charge is 0.493 e. The number of rotatable bonds is 6. The minimum Gasteiger partial charge on any atom is -0.493 e. The first-order valence-corrected chi connectivity index (χ1v) is 7.58. The molecule has 0 aliphatic rings. The number of hydrogen-bond acceptors (Lipinski definition) is 3. The molecule has 0 bridgehead atoms. The van der Waals surface area contributed by atoms with Crippen LogP contribution < -0.4 is 9.47 Å². The number of halogens is 2. The lowest BCUT2D eigenvalue weighted by atomic mass is 10.2. The predicted molar refractivity (Wildman–Crippen MR) is 84.5 cm³/mol. The van der Waals surface area contributed by atoms with Gasteiger partial charge in [-0.1, -0.05) is 11.6 Å². The highest BCUT2D eigenvalue weighted by atomic mass is 35.5. The van der Waals surface area contributed by atoms with E-state index < -0.39 is 0 Å². The van der Waals surface area contributed by atoms with Crippen molar-refractivity contribution in [3.8, 4) is 11.5 Å². The molecule has 0 N–H and O–H groups in total. The fraction of sp³-hybridized carbons (Fsp3) is 0.400. The Morgan fingerprint density at radius 3 is 2.67 bits per heavy atom. The Balaban J connectivity index is 2.23. The summed E-state index contributed by atoms with van der Waals surface area (Å²) in [7, 11) is 1.58. The molecular formula is C15H18Cl2N2O2. The van der Waals surface area contributed by atoms with E-state index in [1.807, 2.05) is 30.7 Å². The van der Waals surface area contributed by atoms with Gasteiger partial charge in [0.1, 0.15) is 6.61 Å². The molecule has 0 fully saturated rings. The number of nitrogens with zero attached hydrogens (tertiary/aromatic N) is 2. The fourth-order valence-electron chi connectivity index (χ4n) is 2.13. The second-order valence-electron chi connectivity index (χ2n) is 4.62. The summed E-state index contributed by atoms with van der Waals surface area (Å²) in [5.74, 6) is 1.48. The lowest BCUT2D eigenvalue weighted by Gasteiger charge is -2.14. The number of alkyl halides is 1. The molecule has 0 spiro atoms. The number of hydrogen-bond donors (Lipinski definition) is 0. The topological polar surface area (TPSA) is 36.3 Å². The van der Waals surface area contributed by atoms with Gasteiger partial charge >= 0.3 is 0 Å². The summed E-state index contributed by atoms with van der Waals surface area (Å²) in [6.07, 6.45) is 0. The standard InChI is InChI=1S/C15H18Cl2N2O2/c1-4-19-12(5-10(2)18-19)9-21-15-13(17)6-11(8-16)7-14(15)20-3/h5-7H,4,8-9H2,1-3H3. The molecule has 0 aliphatic heterocycles. The molecule has 0 radical (unpaired) electrons. The Morgan fingerprint density at radius 2 is 2.05 bits per heavy atom. The van der Waals surface area contributed by atoms with Gasteiger partial charge in [-0.15, -0.1) is 11.6 Å². The number of aromatic nitrogens is 2. The first kappa shape index (κ1) is 16.0. The van der Waals surface area contributed by atoms with E-state index in [9.17, 15) is 0 Å². The third-order valence-corrected chi connectivity index (χ3v) is 3.68. The lowest BCUT2D eigenvalue weighted by Crippen LogP contribution is -2.07. The van der Waals surface area contributed by atoms with Gasteiger partial charge in [0.05, 0.1) is 23.5 Å². The molecule has 0 saturated heterocycles. The van der Waals surface area contributed by atoms with E-state index in [1.165, 1.54) is 0 Å². The molecule has 0 amide bonds. The van der Waals surface area contributed by atoms with Gasteiger partial charge in [0.15, 0.2) is 11.5 Å². The number of ether oxygens (including phenoxy) is 2. The first-order chi connectivity index (χ1) is 10.1. The Morgan fingerprint density at radius 1 is 1.29 bits per heavy atom. The number of methoxy groups -OCH3 is 1. The van der Waals surface area contributed by atoms with Crippen LogP contribution in [0, 0.1) is 6.92 Å². The summed E-state index contributed by atoms with van der Waals surface area (Å²) >= 11 is 12.1. The van der Waals surface area contributed by atoms with Crippen LogP contribution in [-0.4, -0.2) is 16.9 Å². The average Bonchev–Trinajstić information content (AvgIpc) is 2.85. The Labute approximate surface area is 134 Å². The van der Waals surface area contributed by atoms with E-state index in [4.69, 9.17) is 32.7 Å². The van der Waals surface area contributed by atoms with Crippen molar-refractivity contribution in [1.29, 1.82) is 0 Å². The normalized spacial score (nSPS) is 10.7. The van der Waals surface area contributed by atoms with Crippen LogP contribution in [0.1, 0.15) is 23.9 Å². The van der Waals surface area contributed by atoms with Gasteiger partial charge in [-0.3, -0.25) is 4.68 Å². The van der Waals surface area contributed by atoms with Crippen molar-refractivity contribution >= 4 is 23.2 Å². The van der Waals surface area contributed by atoms with Crippen LogP contribution in [0.15, 0.2) is 18.2 Å². The SMILES string of the molecule is CCn1nc(C)cc1COc1c(Cl)cc(CCl)cc1OC. The molecule has 114 valence electrons. The van der Waals surface area contributed by atoms with E-state index in [2.05, 4.69) is 5.10 Å². The monoisotopic (exact) mass is 328 g/mol. The van der Waals surface area contributed by atoms with Crippen molar-refractivity contribution < 1.29 is 9.47 Å². The van der Waals surface area contributed by atoms with Crippen LogP contribution in [0.25, 0.3) is 0 Å². The molecule has 21 heavy (non-hydrogen) atoms. The molecule has 6 heteroatoms. The minimum atomic E-state index is 0.373. The van der Waals surface area contributed by atoms with Gasteiger partial charge in [-0.25, -0.2) is 0 Å². The second kappa shape index (κ2) is 7.05. The minimum absolute atomic E-state index is 0.373. The highest BCUT2D eigenvalue weighted by Crippen LogP contribution is 2.37. The highest BCUT2D eigenvalue weighted by molar-refractivity contribution is 6.32. The van der Waals surface area contributed by atoms with Crippen molar-refractivity contribution in [2.24, 2.45) is 0 Å². The van der Waals surface area contributed by atoms with E-state index in [0.29, 0.717) is 29.0 Å². The zero-order valence-corrected chi connectivity index (χ0v) is 13.8. The maximum Gasteiger partial charge on any atom is 0.180 e. The van der Waals surface area contributed by atoms with E-state index in [0.717, 1.165) is 23.5 Å². The van der Waals surface area contributed by atoms with Crippen LogP contribution in [0.5, 0.6) is 11.5 Å². The smallest absolute Gasteiger partial charge is 0.180 e. The third-order valence-electron chi connectivity index (χ3n) is 3.09. The van der Waals surface area contributed by atoms with E-state index >= 15 is 0 Å². The summed E-state index contributed by atoms with van der Waals surface area (Å²) in [6.45, 7) is 5.17. The summed E-state index contributed by atoms with van der Waals surface area (Å²) in [5, 5.41) is 4.88. The molecule has 0 unspecified atom stereocenters. The zero-order valence-electron chi connectivity index (χ0n) is 12.3. The maximum atomic E-state index is 6.25. The lowest BCUT2D eigenvalue weighted by molar-refractivity contribution is 0.274. The quantitative estimate of drug-likeness (QED) is 0.746. The van der Waals surface area contributed by atoms with Gasteiger partial charge in [0, 0.05) is 12.4 Å². The van der Waals surface area contributed by atoms with Crippen LogP contribution >= 0.6 is 23.2 Å². The molecule has 1 aromatic heterocycles. The van der Waals surface area contributed by atoms with Crippen molar-refractivity contribution in [2.75, 3.05) is 7.11 Å². The van der Waals surface area contributed by atoms with Gasteiger partial charge in [0.25, 0.3) is 0 Å². The van der Waals surface area contributed by atoms with E-state index in [1.54, 1.807) is 13.2 Å². The Kier molecular flexibility index (Phi) is 5.37. The fourth-order valence-corrected chi connectivity index (χ4v) is 2.57. The predicted octanol–water partition coefficient (Wildman–Crippen LogP) is 4.19. The molecule has 4 nitrogen and oxygen atoms in total. The Hall–Kier alpha value is -1.39. The average molecular weight is 329 g/mol. The zero-order chi connectivity index (χ0) is 15.4. The molecule has 0 saturated carbocycles. The highest BCUT2D eigenvalue weighted by Gasteiger charge is 2.13. The van der Waals surface area contributed by atoms with Gasteiger partial charge < -0.3 is 9.47 Å². The molecule has 0 atom stereocenters. The third kappa shape index (κ3) is 3.63. The van der Waals surface area contributed by atoms with Crippen molar-refractivity contribution in [2.45, 2.75) is 32.9 Å².